The quantitative estimate of drug-likeness (QED) is 0.882. The Kier molecular flexibility index (Phi) is 4.90. The molecule has 1 amide bonds. The molecule has 5 nitrogen and oxygen atoms in total. The Morgan fingerprint density at radius 2 is 2.10 bits per heavy atom. The molecule has 0 saturated heterocycles. The van der Waals surface area contributed by atoms with Crippen LogP contribution in [0, 0.1) is 6.92 Å². The topological polar surface area (TPSA) is 68.3 Å². The molecule has 0 spiro atoms. The smallest absolute Gasteiger partial charge is 0.357 e. The molecule has 1 N–H and O–H groups in total. The normalized spacial score (nSPS) is 10.0. The molecule has 2 aromatic rings. The van der Waals surface area contributed by atoms with Crippen molar-refractivity contribution < 1.29 is 14.3 Å². The first-order chi connectivity index (χ1) is 10.1. The van der Waals surface area contributed by atoms with E-state index in [4.69, 9.17) is 16.3 Å². The lowest BCUT2D eigenvalue weighted by atomic mass is 10.2. The predicted molar refractivity (Wildman–Crippen MR) is 79.3 cm³/mol. The number of hydrogen-bond acceptors (Lipinski definition) is 4. The van der Waals surface area contributed by atoms with Crippen molar-refractivity contribution in [2.45, 2.75) is 6.92 Å². The molecular weight excluding hydrogens is 292 g/mol. The molecule has 2 rings (SSSR count). The van der Waals surface area contributed by atoms with E-state index in [1.165, 1.54) is 12.3 Å². The van der Waals surface area contributed by atoms with Gasteiger partial charge in [-0.15, -0.1) is 0 Å². The summed E-state index contributed by atoms with van der Waals surface area (Å²) in [6, 6.07) is 9.97. The van der Waals surface area contributed by atoms with Crippen LogP contribution in [-0.4, -0.2) is 23.5 Å². The van der Waals surface area contributed by atoms with Gasteiger partial charge < -0.3 is 10.1 Å². The second kappa shape index (κ2) is 6.85. The fraction of sp³-hybridized carbons (Fsp3) is 0.133. The number of ether oxygens (including phenoxy) is 1. The minimum atomic E-state index is -0.640. The minimum absolute atomic E-state index is 0.160. The van der Waals surface area contributed by atoms with Gasteiger partial charge in [0.15, 0.2) is 6.61 Å². The number of aromatic nitrogens is 1. The zero-order valence-electron chi connectivity index (χ0n) is 11.3. The van der Waals surface area contributed by atoms with Crippen LogP contribution in [0.4, 0.5) is 5.69 Å². The number of anilines is 1. The summed E-state index contributed by atoms with van der Waals surface area (Å²) in [6.45, 7) is 1.44. The van der Waals surface area contributed by atoms with Gasteiger partial charge >= 0.3 is 5.97 Å². The third-order valence-corrected chi connectivity index (χ3v) is 2.91. The first kappa shape index (κ1) is 15.0. The molecule has 1 aromatic heterocycles. The number of carbonyl (C=O) groups is 2. The van der Waals surface area contributed by atoms with Gasteiger partial charge in [-0.25, -0.2) is 9.78 Å². The number of nitrogens with one attached hydrogen (secondary N) is 1. The van der Waals surface area contributed by atoms with Crippen molar-refractivity contribution in [2.75, 3.05) is 11.9 Å². The van der Waals surface area contributed by atoms with E-state index in [1.54, 1.807) is 30.3 Å². The van der Waals surface area contributed by atoms with E-state index in [0.717, 1.165) is 5.56 Å². The standard InChI is InChI=1S/C15H13ClN2O3/c1-10-8-11(16)5-6-12(10)18-14(19)9-21-15(20)13-4-2-3-7-17-13/h2-8H,9H2,1H3,(H,18,19). The van der Waals surface area contributed by atoms with Crippen molar-refractivity contribution in [3.63, 3.8) is 0 Å². The third kappa shape index (κ3) is 4.29. The lowest BCUT2D eigenvalue weighted by Gasteiger charge is -2.09. The number of amides is 1. The number of halogens is 1. The zero-order valence-corrected chi connectivity index (χ0v) is 12.1. The van der Waals surface area contributed by atoms with Crippen LogP contribution in [0.2, 0.25) is 5.02 Å². The third-order valence-electron chi connectivity index (χ3n) is 2.67. The number of nitrogens with zero attached hydrogens (tertiary/aromatic N) is 1. The monoisotopic (exact) mass is 304 g/mol. The van der Waals surface area contributed by atoms with Gasteiger partial charge in [0, 0.05) is 16.9 Å². The van der Waals surface area contributed by atoms with Crippen molar-refractivity contribution in [1.82, 2.24) is 4.98 Å². The summed E-state index contributed by atoms with van der Waals surface area (Å²) in [5.41, 5.74) is 1.61. The Bertz CT molecular complexity index is 659. The van der Waals surface area contributed by atoms with Gasteiger partial charge in [-0.1, -0.05) is 17.7 Å². The van der Waals surface area contributed by atoms with E-state index in [9.17, 15) is 9.59 Å². The maximum Gasteiger partial charge on any atom is 0.357 e. The molecule has 0 atom stereocenters. The highest BCUT2D eigenvalue weighted by Gasteiger charge is 2.11. The molecule has 1 heterocycles. The number of esters is 1. The van der Waals surface area contributed by atoms with Crippen LogP contribution >= 0.6 is 11.6 Å². The van der Waals surface area contributed by atoms with Crippen LogP contribution in [0.5, 0.6) is 0 Å². The number of benzene rings is 1. The second-order valence-electron chi connectivity index (χ2n) is 4.30. The number of pyridine rings is 1. The Morgan fingerprint density at radius 3 is 2.76 bits per heavy atom. The van der Waals surface area contributed by atoms with Gasteiger partial charge in [0.1, 0.15) is 5.69 Å². The Balaban J connectivity index is 1.89. The molecule has 0 aliphatic carbocycles. The molecule has 0 radical (unpaired) electrons. The van der Waals surface area contributed by atoms with Crippen LogP contribution in [0.15, 0.2) is 42.6 Å². The summed E-state index contributed by atoms with van der Waals surface area (Å²) in [6.07, 6.45) is 1.48. The Morgan fingerprint density at radius 1 is 1.29 bits per heavy atom. The Hall–Kier alpha value is -2.40. The van der Waals surface area contributed by atoms with Crippen molar-refractivity contribution in [3.05, 3.63) is 58.9 Å². The lowest BCUT2D eigenvalue weighted by molar-refractivity contribution is -0.119. The summed E-state index contributed by atoms with van der Waals surface area (Å²) in [5.74, 6) is -1.07. The van der Waals surface area contributed by atoms with E-state index < -0.39 is 11.9 Å². The van der Waals surface area contributed by atoms with E-state index in [2.05, 4.69) is 10.3 Å². The highest BCUT2D eigenvalue weighted by atomic mass is 35.5. The summed E-state index contributed by atoms with van der Waals surface area (Å²) < 4.78 is 4.89. The SMILES string of the molecule is Cc1cc(Cl)ccc1NC(=O)COC(=O)c1ccccn1. The highest BCUT2D eigenvalue weighted by Crippen LogP contribution is 2.19. The van der Waals surface area contributed by atoms with Crippen molar-refractivity contribution >= 4 is 29.2 Å². The van der Waals surface area contributed by atoms with Crippen LogP contribution in [0.25, 0.3) is 0 Å². The summed E-state index contributed by atoms with van der Waals surface area (Å²) in [7, 11) is 0. The van der Waals surface area contributed by atoms with E-state index in [-0.39, 0.29) is 12.3 Å². The molecule has 0 bridgehead atoms. The molecule has 21 heavy (non-hydrogen) atoms. The van der Waals surface area contributed by atoms with Gasteiger partial charge in [0.25, 0.3) is 5.91 Å². The van der Waals surface area contributed by atoms with Crippen LogP contribution in [0.1, 0.15) is 16.1 Å². The summed E-state index contributed by atoms with van der Waals surface area (Å²) in [4.78, 5) is 27.2. The second-order valence-corrected chi connectivity index (χ2v) is 4.73. The van der Waals surface area contributed by atoms with Crippen molar-refractivity contribution in [2.24, 2.45) is 0 Å². The van der Waals surface area contributed by atoms with Gasteiger partial charge in [0.2, 0.25) is 0 Å². The summed E-state index contributed by atoms with van der Waals surface area (Å²) in [5, 5.41) is 3.24. The average molecular weight is 305 g/mol. The first-order valence-electron chi connectivity index (χ1n) is 6.20. The Labute approximate surface area is 126 Å². The molecule has 0 saturated carbocycles. The average Bonchev–Trinajstić information content (AvgIpc) is 2.48. The van der Waals surface area contributed by atoms with Crippen LogP contribution in [0.3, 0.4) is 0 Å². The first-order valence-corrected chi connectivity index (χ1v) is 6.58. The number of rotatable bonds is 4. The predicted octanol–water partition coefficient (Wildman–Crippen LogP) is 2.84. The molecule has 0 aliphatic heterocycles. The van der Waals surface area contributed by atoms with Gasteiger partial charge in [-0.3, -0.25) is 4.79 Å². The van der Waals surface area contributed by atoms with E-state index in [0.29, 0.717) is 10.7 Å². The maximum atomic E-state index is 11.7. The van der Waals surface area contributed by atoms with Crippen LogP contribution < -0.4 is 5.32 Å². The molecule has 1 aromatic carbocycles. The minimum Gasteiger partial charge on any atom is -0.451 e. The zero-order chi connectivity index (χ0) is 15.2. The van der Waals surface area contributed by atoms with Crippen molar-refractivity contribution in [3.8, 4) is 0 Å². The van der Waals surface area contributed by atoms with Crippen LogP contribution in [-0.2, 0) is 9.53 Å². The van der Waals surface area contributed by atoms with Gasteiger partial charge in [0.05, 0.1) is 0 Å². The molecule has 0 fully saturated rings. The largest absolute Gasteiger partial charge is 0.451 e. The fourth-order valence-electron chi connectivity index (χ4n) is 1.64. The molecule has 0 aliphatic rings. The molecule has 6 heteroatoms. The van der Waals surface area contributed by atoms with Gasteiger partial charge in [-0.05, 0) is 42.8 Å². The summed E-state index contributed by atoms with van der Waals surface area (Å²) >= 11 is 5.84. The number of hydrogen-bond donors (Lipinski definition) is 1. The number of carbonyl (C=O) groups excluding carboxylic acids is 2. The lowest BCUT2D eigenvalue weighted by Crippen LogP contribution is -2.21. The van der Waals surface area contributed by atoms with Crippen molar-refractivity contribution in [1.29, 1.82) is 0 Å². The van der Waals surface area contributed by atoms with E-state index in [1.807, 2.05) is 6.92 Å². The number of aryl methyl sites for hydroxylation is 1. The molecule has 0 unspecified atom stereocenters. The molecular formula is C15H13ClN2O3. The van der Waals surface area contributed by atoms with E-state index >= 15 is 0 Å². The van der Waals surface area contributed by atoms with Gasteiger partial charge in [-0.2, -0.15) is 0 Å². The maximum absolute atomic E-state index is 11.7. The molecule has 108 valence electrons. The highest BCUT2D eigenvalue weighted by molar-refractivity contribution is 6.30. The fourth-order valence-corrected chi connectivity index (χ4v) is 1.87.